The number of anilines is 1. The second-order valence-corrected chi connectivity index (χ2v) is 4.25. The maximum Gasteiger partial charge on any atom is 0.329 e. The molecule has 0 atom stereocenters. The van der Waals surface area contributed by atoms with Crippen LogP contribution in [0.3, 0.4) is 0 Å². The van der Waals surface area contributed by atoms with Crippen molar-refractivity contribution in [3.63, 3.8) is 0 Å². The first-order valence-electron chi connectivity index (χ1n) is 5.21. The van der Waals surface area contributed by atoms with Crippen molar-refractivity contribution in [2.24, 2.45) is 0 Å². The largest absolute Gasteiger partial charge is 0.480 e. The molecule has 1 fully saturated rings. The van der Waals surface area contributed by atoms with Crippen molar-refractivity contribution in [1.82, 2.24) is 10.2 Å². The average Bonchev–Trinajstić information content (AvgIpc) is 2.33. The van der Waals surface area contributed by atoms with Gasteiger partial charge in [-0.15, -0.1) is 10.2 Å². The number of carbonyl (C=O) groups is 1. The van der Waals surface area contributed by atoms with E-state index >= 15 is 0 Å². The molecule has 2 heterocycles. The molecule has 0 bridgehead atoms. The fraction of sp³-hybridized carbons (Fsp3) is 0.500. The van der Waals surface area contributed by atoms with E-state index in [-0.39, 0.29) is 5.15 Å². The SMILES string of the molecule is O=C(O)C1(Nc2ccc(Cl)nn2)CCOCC1. The molecule has 1 aromatic rings. The van der Waals surface area contributed by atoms with Crippen molar-refractivity contribution in [1.29, 1.82) is 0 Å². The van der Waals surface area contributed by atoms with Crippen LogP contribution in [-0.4, -0.2) is 40.0 Å². The Morgan fingerprint density at radius 3 is 2.65 bits per heavy atom. The molecule has 0 spiro atoms. The van der Waals surface area contributed by atoms with Gasteiger partial charge >= 0.3 is 5.97 Å². The number of hydrogen-bond acceptors (Lipinski definition) is 5. The van der Waals surface area contributed by atoms with E-state index in [1.807, 2.05) is 0 Å². The summed E-state index contributed by atoms with van der Waals surface area (Å²) in [6.45, 7) is 0.834. The van der Waals surface area contributed by atoms with E-state index < -0.39 is 11.5 Å². The van der Waals surface area contributed by atoms with Crippen LogP contribution in [0.4, 0.5) is 5.82 Å². The molecule has 1 aromatic heterocycles. The third-order valence-corrected chi connectivity index (χ3v) is 2.96. The number of halogens is 1. The minimum Gasteiger partial charge on any atom is -0.480 e. The second-order valence-electron chi connectivity index (χ2n) is 3.87. The summed E-state index contributed by atoms with van der Waals surface area (Å²) < 4.78 is 5.17. The highest BCUT2D eigenvalue weighted by Gasteiger charge is 2.40. The Hall–Kier alpha value is -1.40. The molecule has 0 saturated carbocycles. The molecule has 2 N–H and O–H groups in total. The number of hydrogen-bond donors (Lipinski definition) is 2. The lowest BCUT2D eigenvalue weighted by atomic mass is 9.90. The summed E-state index contributed by atoms with van der Waals surface area (Å²) in [6.07, 6.45) is 0.791. The monoisotopic (exact) mass is 257 g/mol. The number of aromatic nitrogens is 2. The molecule has 0 amide bonds. The average molecular weight is 258 g/mol. The fourth-order valence-electron chi connectivity index (χ4n) is 1.74. The summed E-state index contributed by atoms with van der Waals surface area (Å²) in [5.74, 6) is -0.503. The maximum atomic E-state index is 11.4. The van der Waals surface area contributed by atoms with E-state index in [0.29, 0.717) is 31.9 Å². The summed E-state index contributed by atoms with van der Waals surface area (Å²) >= 11 is 5.61. The molecule has 0 unspecified atom stereocenters. The van der Waals surface area contributed by atoms with Crippen LogP contribution in [0.2, 0.25) is 5.15 Å². The smallest absolute Gasteiger partial charge is 0.329 e. The Labute approximate surface area is 103 Å². The first-order valence-corrected chi connectivity index (χ1v) is 5.59. The van der Waals surface area contributed by atoms with Gasteiger partial charge in [0, 0.05) is 26.1 Å². The first-order chi connectivity index (χ1) is 8.12. The normalized spacial score (nSPS) is 18.6. The fourth-order valence-corrected chi connectivity index (χ4v) is 1.84. The van der Waals surface area contributed by atoms with Crippen LogP contribution in [-0.2, 0) is 9.53 Å². The molecule has 92 valence electrons. The highest BCUT2D eigenvalue weighted by atomic mass is 35.5. The molecule has 7 heteroatoms. The second kappa shape index (κ2) is 4.85. The number of nitrogens with one attached hydrogen (secondary N) is 1. The zero-order valence-electron chi connectivity index (χ0n) is 9.02. The van der Waals surface area contributed by atoms with Crippen LogP contribution in [0, 0.1) is 0 Å². The topological polar surface area (TPSA) is 84.3 Å². The molecule has 6 nitrogen and oxygen atoms in total. The van der Waals surface area contributed by atoms with E-state index in [0.717, 1.165) is 0 Å². The molecule has 1 aliphatic rings. The van der Waals surface area contributed by atoms with Gasteiger partial charge in [0.1, 0.15) is 11.4 Å². The van der Waals surface area contributed by atoms with Crippen LogP contribution in [0.25, 0.3) is 0 Å². The summed E-state index contributed by atoms with van der Waals surface area (Å²) in [5.41, 5.74) is -1.03. The van der Waals surface area contributed by atoms with Crippen molar-refractivity contribution in [3.05, 3.63) is 17.3 Å². The van der Waals surface area contributed by atoms with Crippen molar-refractivity contribution >= 4 is 23.4 Å². The molecule has 2 rings (SSSR count). The zero-order valence-corrected chi connectivity index (χ0v) is 9.78. The van der Waals surface area contributed by atoms with E-state index in [4.69, 9.17) is 16.3 Å². The predicted molar refractivity (Wildman–Crippen MR) is 61.1 cm³/mol. The van der Waals surface area contributed by atoms with Crippen molar-refractivity contribution in [2.45, 2.75) is 18.4 Å². The number of ether oxygens (including phenoxy) is 1. The lowest BCUT2D eigenvalue weighted by Crippen LogP contribution is -2.50. The maximum absolute atomic E-state index is 11.4. The third kappa shape index (κ3) is 2.65. The van der Waals surface area contributed by atoms with Crippen molar-refractivity contribution in [2.75, 3.05) is 18.5 Å². The quantitative estimate of drug-likeness (QED) is 0.846. The predicted octanol–water partition coefficient (Wildman–Crippen LogP) is 1.18. The molecule has 0 aromatic carbocycles. The van der Waals surface area contributed by atoms with Crippen LogP contribution in [0.15, 0.2) is 12.1 Å². The number of carboxylic acid groups (broad SMARTS) is 1. The molecular formula is C10H12ClN3O3. The summed E-state index contributed by atoms with van der Waals surface area (Å²) in [4.78, 5) is 11.4. The van der Waals surface area contributed by atoms with Gasteiger partial charge in [-0.05, 0) is 12.1 Å². The molecule has 0 aliphatic carbocycles. The van der Waals surface area contributed by atoms with E-state index in [2.05, 4.69) is 15.5 Å². The standard InChI is InChI=1S/C10H12ClN3O3/c11-7-1-2-8(14-13-7)12-10(9(15)16)3-5-17-6-4-10/h1-2H,3-6H2,(H,12,14)(H,15,16). The van der Waals surface area contributed by atoms with Crippen LogP contribution >= 0.6 is 11.6 Å². The highest BCUT2D eigenvalue weighted by Crippen LogP contribution is 2.25. The van der Waals surface area contributed by atoms with Crippen molar-refractivity contribution in [3.8, 4) is 0 Å². The van der Waals surface area contributed by atoms with Gasteiger partial charge in [-0.25, -0.2) is 4.79 Å². The minimum atomic E-state index is -1.03. The van der Waals surface area contributed by atoms with Crippen LogP contribution < -0.4 is 5.32 Å². The molecule has 1 aliphatic heterocycles. The van der Waals surface area contributed by atoms with Crippen LogP contribution in [0.5, 0.6) is 0 Å². The number of aliphatic carboxylic acids is 1. The number of rotatable bonds is 3. The van der Waals surface area contributed by atoms with E-state index in [1.165, 1.54) is 0 Å². The molecular weight excluding hydrogens is 246 g/mol. The first kappa shape index (κ1) is 12.1. The van der Waals surface area contributed by atoms with E-state index in [1.54, 1.807) is 12.1 Å². The lowest BCUT2D eigenvalue weighted by molar-refractivity contribution is -0.145. The van der Waals surface area contributed by atoms with Gasteiger partial charge in [0.2, 0.25) is 0 Å². The minimum absolute atomic E-state index is 0.270. The van der Waals surface area contributed by atoms with Gasteiger partial charge < -0.3 is 15.2 Å². The highest BCUT2D eigenvalue weighted by molar-refractivity contribution is 6.29. The Morgan fingerprint density at radius 2 is 2.12 bits per heavy atom. The summed E-state index contributed by atoms with van der Waals surface area (Å²) in [5, 5.41) is 20.0. The third-order valence-electron chi connectivity index (χ3n) is 2.76. The Bertz CT molecular complexity index is 404. The molecule has 17 heavy (non-hydrogen) atoms. The van der Waals surface area contributed by atoms with Crippen molar-refractivity contribution < 1.29 is 14.6 Å². The Morgan fingerprint density at radius 1 is 1.41 bits per heavy atom. The van der Waals surface area contributed by atoms with Gasteiger partial charge in [-0.2, -0.15) is 0 Å². The van der Waals surface area contributed by atoms with Gasteiger partial charge in [-0.1, -0.05) is 11.6 Å². The van der Waals surface area contributed by atoms with Gasteiger partial charge in [0.15, 0.2) is 5.15 Å². The molecule has 1 saturated heterocycles. The Kier molecular flexibility index (Phi) is 3.44. The molecule has 0 radical (unpaired) electrons. The Balaban J connectivity index is 2.17. The number of carboxylic acids is 1. The lowest BCUT2D eigenvalue weighted by Gasteiger charge is -2.34. The van der Waals surface area contributed by atoms with Gasteiger partial charge in [0.05, 0.1) is 0 Å². The van der Waals surface area contributed by atoms with Crippen LogP contribution in [0.1, 0.15) is 12.8 Å². The van der Waals surface area contributed by atoms with Gasteiger partial charge in [-0.3, -0.25) is 0 Å². The van der Waals surface area contributed by atoms with E-state index in [9.17, 15) is 9.90 Å². The summed E-state index contributed by atoms with van der Waals surface area (Å²) in [6, 6.07) is 3.17. The summed E-state index contributed by atoms with van der Waals surface area (Å²) in [7, 11) is 0. The number of nitrogens with zero attached hydrogens (tertiary/aromatic N) is 2. The van der Waals surface area contributed by atoms with Gasteiger partial charge in [0.25, 0.3) is 0 Å². The zero-order chi connectivity index (χ0) is 12.3.